The third-order valence-electron chi connectivity index (χ3n) is 4.27. The van der Waals surface area contributed by atoms with E-state index in [1.54, 1.807) is 0 Å². The largest absolute Gasteiger partial charge is 0.305 e. The number of hydrogen-bond acceptors (Lipinski definition) is 3. The van der Waals surface area contributed by atoms with Crippen LogP contribution in [0, 0.1) is 0 Å². The average molecular weight is 350 g/mol. The fraction of sp³-hybridized carbons (Fsp3) is 0.333. The second-order valence-electron chi connectivity index (χ2n) is 7.95. The Labute approximate surface area is 154 Å². The smallest absolute Gasteiger partial charge is 0.256 e. The van der Waals surface area contributed by atoms with Gasteiger partial charge in [0.15, 0.2) is 5.82 Å². The molecule has 0 bridgehead atoms. The van der Waals surface area contributed by atoms with E-state index in [-0.39, 0.29) is 11.3 Å². The number of imidazole rings is 1. The van der Waals surface area contributed by atoms with E-state index in [0.717, 1.165) is 12.2 Å². The van der Waals surface area contributed by atoms with Crippen molar-refractivity contribution in [3.05, 3.63) is 65.5 Å². The van der Waals surface area contributed by atoms with Gasteiger partial charge in [-0.15, -0.1) is 0 Å². The van der Waals surface area contributed by atoms with Crippen LogP contribution in [0.2, 0.25) is 0 Å². The molecular formula is C21H26N4O. The number of nitrogens with zero attached hydrogens (tertiary/aromatic N) is 3. The molecule has 0 atom stereocenters. The molecule has 26 heavy (non-hydrogen) atoms. The van der Waals surface area contributed by atoms with Crippen molar-refractivity contribution in [2.75, 3.05) is 19.4 Å². The first-order chi connectivity index (χ1) is 12.2. The van der Waals surface area contributed by atoms with Crippen LogP contribution in [-0.2, 0) is 12.0 Å². The average Bonchev–Trinajstić information content (AvgIpc) is 2.95. The lowest BCUT2D eigenvalue weighted by Gasteiger charge is -2.18. The maximum Gasteiger partial charge on any atom is 0.256 e. The number of rotatable bonds is 4. The van der Waals surface area contributed by atoms with Crippen molar-refractivity contribution in [3.8, 4) is 0 Å². The van der Waals surface area contributed by atoms with Gasteiger partial charge in [-0.3, -0.25) is 4.79 Å². The monoisotopic (exact) mass is 350 g/mol. The van der Waals surface area contributed by atoms with Crippen molar-refractivity contribution >= 4 is 17.4 Å². The first-order valence-corrected chi connectivity index (χ1v) is 8.76. The fourth-order valence-electron chi connectivity index (χ4n) is 2.87. The number of carbonyl (C=O) groups is 1. The maximum absolute atomic E-state index is 12.5. The number of pyridine rings is 1. The summed E-state index contributed by atoms with van der Waals surface area (Å²) in [6.07, 6.45) is 3.88. The van der Waals surface area contributed by atoms with Gasteiger partial charge < -0.3 is 14.6 Å². The highest BCUT2D eigenvalue weighted by Crippen LogP contribution is 2.22. The van der Waals surface area contributed by atoms with E-state index < -0.39 is 0 Å². The standard InChI is InChI=1S/C21H26N4O/c1-21(2,3)17-9-7-16(8-10-17)20(26)23-18-14-25-13-15(12-24(4)5)6-11-19(25)22-18/h6-11,13-14H,12H2,1-5H3,(H,23,26). The SMILES string of the molecule is CN(C)Cc1ccc2nc(NC(=O)c3ccc(C(C)(C)C)cc3)cn2c1. The summed E-state index contributed by atoms with van der Waals surface area (Å²) >= 11 is 0. The number of benzene rings is 1. The minimum absolute atomic E-state index is 0.0703. The zero-order valence-electron chi connectivity index (χ0n) is 16.1. The first kappa shape index (κ1) is 18.1. The molecule has 0 radical (unpaired) electrons. The molecular weight excluding hydrogens is 324 g/mol. The number of carbonyl (C=O) groups excluding carboxylic acids is 1. The highest BCUT2D eigenvalue weighted by atomic mass is 16.1. The molecule has 3 aromatic rings. The van der Waals surface area contributed by atoms with Gasteiger partial charge in [0.05, 0.1) is 6.20 Å². The zero-order valence-corrected chi connectivity index (χ0v) is 16.1. The summed E-state index contributed by atoms with van der Waals surface area (Å²) in [5, 5.41) is 2.88. The fourth-order valence-corrected chi connectivity index (χ4v) is 2.87. The van der Waals surface area contributed by atoms with E-state index in [9.17, 15) is 4.79 Å². The Morgan fingerprint density at radius 2 is 1.77 bits per heavy atom. The van der Waals surface area contributed by atoms with Gasteiger partial charge in [0.2, 0.25) is 0 Å². The van der Waals surface area contributed by atoms with Crippen LogP contribution in [0.3, 0.4) is 0 Å². The molecule has 5 nitrogen and oxygen atoms in total. The van der Waals surface area contributed by atoms with Crippen LogP contribution in [0.15, 0.2) is 48.8 Å². The lowest BCUT2D eigenvalue weighted by atomic mass is 9.87. The molecule has 0 aliphatic heterocycles. The van der Waals surface area contributed by atoms with Gasteiger partial charge in [-0.05, 0) is 48.8 Å². The quantitative estimate of drug-likeness (QED) is 0.775. The van der Waals surface area contributed by atoms with Crippen molar-refractivity contribution in [2.45, 2.75) is 32.7 Å². The molecule has 0 aliphatic carbocycles. The van der Waals surface area contributed by atoms with E-state index in [4.69, 9.17) is 0 Å². The molecule has 0 spiro atoms. The molecule has 0 fully saturated rings. The van der Waals surface area contributed by atoms with E-state index in [2.05, 4.69) is 42.0 Å². The van der Waals surface area contributed by atoms with Gasteiger partial charge in [0.1, 0.15) is 5.65 Å². The number of fused-ring (bicyclic) bond motifs is 1. The van der Waals surface area contributed by atoms with Crippen LogP contribution >= 0.6 is 0 Å². The molecule has 0 unspecified atom stereocenters. The van der Waals surface area contributed by atoms with Gasteiger partial charge in [-0.1, -0.05) is 39.0 Å². The van der Waals surface area contributed by atoms with Gasteiger partial charge in [0, 0.05) is 18.3 Å². The molecule has 136 valence electrons. The molecule has 1 amide bonds. The number of aromatic nitrogens is 2. The van der Waals surface area contributed by atoms with Crippen LogP contribution in [-0.4, -0.2) is 34.3 Å². The number of anilines is 1. The Morgan fingerprint density at radius 3 is 2.38 bits per heavy atom. The lowest BCUT2D eigenvalue weighted by Crippen LogP contribution is -2.14. The molecule has 2 aromatic heterocycles. The minimum Gasteiger partial charge on any atom is -0.305 e. The van der Waals surface area contributed by atoms with Crippen molar-refractivity contribution in [3.63, 3.8) is 0 Å². The number of hydrogen-bond donors (Lipinski definition) is 1. The van der Waals surface area contributed by atoms with Crippen LogP contribution in [0.4, 0.5) is 5.82 Å². The zero-order chi connectivity index (χ0) is 18.9. The Bertz CT molecular complexity index is 917. The highest BCUT2D eigenvalue weighted by Gasteiger charge is 2.15. The predicted octanol–water partition coefficient (Wildman–Crippen LogP) is 3.95. The summed E-state index contributed by atoms with van der Waals surface area (Å²) in [5.41, 5.74) is 3.90. The Balaban J connectivity index is 1.76. The van der Waals surface area contributed by atoms with Gasteiger partial charge >= 0.3 is 0 Å². The third kappa shape index (κ3) is 4.11. The molecule has 1 N–H and O–H groups in total. The minimum atomic E-state index is -0.151. The third-order valence-corrected chi connectivity index (χ3v) is 4.27. The second-order valence-corrected chi connectivity index (χ2v) is 7.95. The molecule has 0 saturated heterocycles. The predicted molar refractivity (Wildman–Crippen MR) is 106 cm³/mol. The van der Waals surface area contributed by atoms with Crippen LogP contribution in [0.1, 0.15) is 42.3 Å². The van der Waals surface area contributed by atoms with Gasteiger partial charge in [0.25, 0.3) is 5.91 Å². The van der Waals surface area contributed by atoms with E-state index in [1.807, 2.05) is 61.2 Å². The normalized spacial score (nSPS) is 11.9. The van der Waals surface area contributed by atoms with E-state index in [0.29, 0.717) is 11.4 Å². The summed E-state index contributed by atoms with van der Waals surface area (Å²) in [5.74, 6) is 0.402. The Hall–Kier alpha value is -2.66. The van der Waals surface area contributed by atoms with Gasteiger partial charge in [-0.25, -0.2) is 4.98 Å². The highest BCUT2D eigenvalue weighted by molar-refractivity contribution is 6.03. The lowest BCUT2D eigenvalue weighted by molar-refractivity contribution is 0.102. The topological polar surface area (TPSA) is 49.6 Å². The Kier molecular flexibility index (Phi) is 4.83. The molecule has 1 aromatic carbocycles. The van der Waals surface area contributed by atoms with Crippen molar-refractivity contribution < 1.29 is 4.79 Å². The second kappa shape index (κ2) is 6.92. The molecule has 2 heterocycles. The van der Waals surface area contributed by atoms with Crippen LogP contribution < -0.4 is 5.32 Å². The molecule has 0 saturated carbocycles. The first-order valence-electron chi connectivity index (χ1n) is 8.76. The number of amides is 1. The number of nitrogens with one attached hydrogen (secondary N) is 1. The van der Waals surface area contributed by atoms with Gasteiger partial charge in [-0.2, -0.15) is 0 Å². The van der Waals surface area contributed by atoms with E-state index in [1.165, 1.54) is 11.1 Å². The maximum atomic E-state index is 12.5. The molecule has 3 rings (SSSR count). The summed E-state index contributed by atoms with van der Waals surface area (Å²) in [7, 11) is 4.07. The summed E-state index contributed by atoms with van der Waals surface area (Å²) in [6.45, 7) is 7.33. The molecule has 0 aliphatic rings. The molecule has 5 heteroatoms. The van der Waals surface area contributed by atoms with Crippen molar-refractivity contribution in [2.24, 2.45) is 0 Å². The van der Waals surface area contributed by atoms with Crippen LogP contribution in [0.5, 0.6) is 0 Å². The summed E-state index contributed by atoms with van der Waals surface area (Å²) in [4.78, 5) is 19.1. The van der Waals surface area contributed by atoms with Crippen LogP contribution in [0.25, 0.3) is 5.65 Å². The summed E-state index contributed by atoms with van der Waals surface area (Å²) < 4.78 is 1.94. The summed E-state index contributed by atoms with van der Waals surface area (Å²) in [6, 6.07) is 11.8. The Morgan fingerprint density at radius 1 is 1.08 bits per heavy atom. The van der Waals surface area contributed by atoms with Crippen molar-refractivity contribution in [1.82, 2.24) is 14.3 Å². The van der Waals surface area contributed by atoms with E-state index >= 15 is 0 Å². The van der Waals surface area contributed by atoms with Crippen molar-refractivity contribution in [1.29, 1.82) is 0 Å².